The predicted molar refractivity (Wildman–Crippen MR) is 148 cm³/mol. The van der Waals surface area contributed by atoms with Crippen molar-refractivity contribution in [3.05, 3.63) is 114 Å². The molecule has 8 heteroatoms. The minimum atomic E-state index is -0.883. The highest BCUT2D eigenvalue weighted by Gasteiger charge is 2.20. The summed E-state index contributed by atoms with van der Waals surface area (Å²) in [6.07, 6.45) is 0.394. The van der Waals surface area contributed by atoms with Crippen LogP contribution < -0.4 is 5.32 Å². The molecule has 2 heterocycles. The number of nitrogens with zero attached hydrogens (tertiary/aromatic N) is 1. The van der Waals surface area contributed by atoms with Crippen molar-refractivity contribution in [3.63, 3.8) is 0 Å². The number of fused-ring (bicyclic) bond motifs is 3. The quantitative estimate of drug-likeness (QED) is 0.221. The van der Waals surface area contributed by atoms with E-state index in [4.69, 9.17) is 9.47 Å². The molecule has 0 aliphatic carbocycles. The zero-order valence-corrected chi connectivity index (χ0v) is 21.3. The summed E-state index contributed by atoms with van der Waals surface area (Å²) >= 11 is 0. The Morgan fingerprint density at radius 3 is 2.18 bits per heavy atom. The number of pyridine rings is 1. The summed E-state index contributed by atoms with van der Waals surface area (Å²) in [5.74, 6) is -1.05. The maximum absolute atomic E-state index is 13.0. The van der Waals surface area contributed by atoms with Crippen molar-refractivity contribution in [1.29, 1.82) is 0 Å². The molecule has 5 rings (SSSR count). The molecule has 2 aromatic heterocycles. The molecule has 5 aromatic rings. The Labute approximate surface area is 225 Å². The van der Waals surface area contributed by atoms with Crippen LogP contribution in [0.4, 0.5) is 0 Å². The Morgan fingerprint density at radius 2 is 1.49 bits per heavy atom. The number of carbonyl (C=O) groups is 2. The molecule has 0 radical (unpaired) electrons. The van der Waals surface area contributed by atoms with Crippen molar-refractivity contribution in [2.45, 2.75) is 25.7 Å². The number of esters is 2. The van der Waals surface area contributed by atoms with Gasteiger partial charge in [-0.05, 0) is 23.3 Å². The van der Waals surface area contributed by atoms with E-state index in [1.165, 1.54) is 0 Å². The highest BCUT2D eigenvalue weighted by Crippen LogP contribution is 2.28. The van der Waals surface area contributed by atoms with E-state index >= 15 is 0 Å². The highest BCUT2D eigenvalue weighted by molar-refractivity contribution is 6.09. The second kappa shape index (κ2) is 12.3. The molecule has 3 N–H and O–H groups in total. The summed E-state index contributed by atoms with van der Waals surface area (Å²) in [7, 11) is 0. The van der Waals surface area contributed by atoms with Gasteiger partial charge in [0.2, 0.25) is 0 Å². The lowest BCUT2D eigenvalue weighted by Gasteiger charge is -2.15. The van der Waals surface area contributed by atoms with Gasteiger partial charge in [-0.15, -0.1) is 0 Å². The van der Waals surface area contributed by atoms with Crippen LogP contribution in [0.2, 0.25) is 0 Å². The lowest BCUT2D eigenvalue weighted by Crippen LogP contribution is -2.42. The molecule has 0 amide bonds. The van der Waals surface area contributed by atoms with Gasteiger partial charge in [-0.25, -0.2) is 9.78 Å². The largest absolute Gasteiger partial charge is 0.460 e. The van der Waals surface area contributed by atoms with E-state index in [2.05, 4.69) is 15.3 Å². The maximum Gasteiger partial charge on any atom is 0.357 e. The predicted octanol–water partition coefficient (Wildman–Crippen LogP) is 4.31. The summed E-state index contributed by atoms with van der Waals surface area (Å²) in [5.41, 5.74) is 4.35. The Kier molecular flexibility index (Phi) is 8.26. The first-order valence-electron chi connectivity index (χ1n) is 12.8. The molecule has 0 spiro atoms. The summed E-state index contributed by atoms with van der Waals surface area (Å²) in [6.45, 7) is 0.190. The first-order valence-corrected chi connectivity index (χ1v) is 12.8. The zero-order valence-electron chi connectivity index (χ0n) is 21.3. The molecule has 39 heavy (non-hydrogen) atoms. The molecule has 0 saturated carbocycles. The average molecular weight is 524 g/mol. The van der Waals surface area contributed by atoms with Gasteiger partial charge in [-0.2, -0.15) is 0 Å². The van der Waals surface area contributed by atoms with Gasteiger partial charge < -0.3 is 24.9 Å². The second-order valence-electron chi connectivity index (χ2n) is 9.14. The van der Waals surface area contributed by atoms with E-state index < -0.39 is 24.6 Å². The van der Waals surface area contributed by atoms with Crippen LogP contribution >= 0.6 is 0 Å². The van der Waals surface area contributed by atoms with E-state index in [1.54, 1.807) is 6.07 Å². The zero-order chi connectivity index (χ0) is 27.0. The Bertz CT molecular complexity index is 1570. The van der Waals surface area contributed by atoms with Crippen molar-refractivity contribution in [3.8, 4) is 0 Å². The van der Waals surface area contributed by atoms with Crippen LogP contribution in [0.1, 0.15) is 27.3 Å². The molecule has 3 aromatic carbocycles. The fourth-order valence-electron chi connectivity index (χ4n) is 4.41. The molecule has 0 bridgehead atoms. The lowest BCUT2D eigenvalue weighted by atomic mass is 10.1. The van der Waals surface area contributed by atoms with Crippen LogP contribution in [-0.2, 0) is 33.9 Å². The van der Waals surface area contributed by atoms with Crippen molar-refractivity contribution in [2.75, 3.05) is 13.2 Å². The van der Waals surface area contributed by atoms with E-state index in [-0.39, 0.29) is 18.9 Å². The third-order valence-electron chi connectivity index (χ3n) is 6.44. The number of benzene rings is 3. The normalized spacial score (nSPS) is 11.9. The monoisotopic (exact) mass is 523 g/mol. The number of hydrogen-bond donors (Lipinski definition) is 3. The number of carbonyl (C=O) groups excluding carboxylic acids is 2. The van der Waals surface area contributed by atoms with Crippen molar-refractivity contribution < 1.29 is 24.2 Å². The molecule has 8 nitrogen and oxygen atoms in total. The summed E-state index contributed by atoms with van der Waals surface area (Å²) in [6, 6.07) is 27.5. The summed E-state index contributed by atoms with van der Waals surface area (Å²) < 4.78 is 10.9. The number of aromatic amines is 1. The highest BCUT2D eigenvalue weighted by atomic mass is 16.5. The lowest BCUT2D eigenvalue weighted by molar-refractivity contribution is -0.148. The smallest absolute Gasteiger partial charge is 0.357 e. The third kappa shape index (κ3) is 6.31. The van der Waals surface area contributed by atoms with Gasteiger partial charge in [0.05, 0.1) is 17.8 Å². The topological polar surface area (TPSA) is 114 Å². The van der Waals surface area contributed by atoms with E-state index in [0.29, 0.717) is 18.7 Å². The van der Waals surface area contributed by atoms with Gasteiger partial charge >= 0.3 is 11.9 Å². The molecular formula is C31H29N3O5. The summed E-state index contributed by atoms with van der Waals surface area (Å²) in [4.78, 5) is 33.5. The Hall–Kier alpha value is -4.53. The number of rotatable bonds is 11. The molecule has 198 valence electrons. The molecule has 1 atom stereocenters. The van der Waals surface area contributed by atoms with Crippen LogP contribution in [0.25, 0.3) is 21.8 Å². The molecule has 0 fully saturated rings. The maximum atomic E-state index is 13.0. The van der Waals surface area contributed by atoms with Crippen molar-refractivity contribution >= 4 is 33.7 Å². The number of H-pyrrole nitrogens is 1. The Balaban J connectivity index is 1.31. The van der Waals surface area contributed by atoms with Gasteiger partial charge in [0.1, 0.15) is 24.9 Å². The van der Waals surface area contributed by atoms with Gasteiger partial charge in [0.15, 0.2) is 0 Å². The van der Waals surface area contributed by atoms with Gasteiger partial charge in [-0.3, -0.25) is 4.79 Å². The number of aliphatic hydroxyl groups is 1. The molecule has 0 aliphatic heterocycles. The number of aromatic nitrogens is 2. The van der Waals surface area contributed by atoms with Crippen LogP contribution in [0.15, 0.2) is 91.0 Å². The molecule has 0 saturated heterocycles. The van der Waals surface area contributed by atoms with Crippen LogP contribution in [-0.4, -0.2) is 46.2 Å². The van der Waals surface area contributed by atoms with Crippen molar-refractivity contribution in [2.24, 2.45) is 0 Å². The first kappa shape index (κ1) is 26.1. The number of hydrogen-bond acceptors (Lipinski definition) is 7. The summed E-state index contributed by atoms with van der Waals surface area (Å²) in [5, 5.41) is 14.7. The fraction of sp³-hybridized carbons (Fsp3) is 0.194. The average Bonchev–Trinajstić information content (AvgIpc) is 3.37. The van der Waals surface area contributed by atoms with E-state index in [9.17, 15) is 14.7 Å². The number of nitrogens with one attached hydrogen (secondary N) is 2. The van der Waals surface area contributed by atoms with E-state index in [1.807, 2.05) is 84.9 Å². The first-order chi connectivity index (χ1) is 19.1. The van der Waals surface area contributed by atoms with Gasteiger partial charge in [-0.1, -0.05) is 78.9 Å². The standard InChI is InChI=1S/C31H29N3O5/c35-18-28(31(37)39-20-22-11-5-2-6-12-22)32-16-15-26-29-24(23-13-7-8-14-25(23)34-29)17-27(33-26)30(36)38-19-21-9-3-1-4-10-21/h1-14,17,28,32,34-35H,15-16,18-20H2/t28-/m0/s1. The number of aliphatic hydroxyl groups excluding tert-OH is 1. The van der Waals surface area contributed by atoms with Crippen LogP contribution in [0.3, 0.4) is 0 Å². The minimum Gasteiger partial charge on any atom is -0.460 e. The second-order valence-corrected chi connectivity index (χ2v) is 9.14. The SMILES string of the molecule is O=C(OCc1ccccc1)c1cc2c([nH]c3ccccc32)c(CCN[C@@H](CO)C(=O)OCc2ccccc2)n1. The van der Waals surface area contributed by atoms with Gasteiger partial charge in [0.25, 0.3) is 0 Å². The third-order valence-corrected chi connectivity index (χ3v) is 6.44. The van der Waals surface area contributed by atoms with Crippen molar-refractivity contribution in [1.82, 2.24) is 15.3 Å². The van der Waals surface area contributed by atoms with Gasteiger partial charge in [0, 0.05) is 29.3 Å². The van der Waals surface area contributed by atoms with E-state index in [0.717, 1.165) is 32.9 Å². The Morgan fingerprint density at radius 1 is 0.846 bits per heavy atom. The number of ether oxygens (including phenoxy) is 2. The number of para-hydroxylation sites is 1. The molecule has 0 aliphatic rings. The molecular weight excluding hydrogens is 494 g/mol. The van der Waals surface area contributed by atoms with Crippen LogP contribution in [0, 0.1) is 0 Å². The van der Waals surface area contributed by atoms with Crippen LogP contribution in [0.5, 0.6) is 0 Å². The fourth-order valence-corrected chi connectivity index (χ4v) is 4.41. The molecule has 0 unspecified atom stereocenters. The minimum absolute atomic E-state index is 0.127.